The predicted molar refractivity (Wildman–Crippen MR) is 152 cm³/mol. The summed E-state index contributed by atoms with van der Waals surface area (Å²) in [5.41, 5.74) is 0.205. The highest BCUT2D eigenvalue weighted by atomic mass is 35.5. The van der Waals surface area contributed by atoms with E-state index < -0.39 is 40.2 Å². The second-order valence-electron chi connectivity index (χ2n) is 9.03. The Hall–Kier alpha value is -3.14. The molecule has 0 saturated heterocycles. The molecule has 0 aliphatic heterocycles. The van der Waals surface area contributed by atoms with E-state index >= 15 is 0 Å². The van der Waals surface area contributed by atoms with Gasteiger partial charge in [-0.2, -0.15) is 0 Å². The summed E-state index contributed by atoms with van der Waals surface area (Å²) in [6, 6.07) is 16.3. The average molecular weight is 595 g/mol. The maximum atomic E-state index is 14.9. The lowest BCUT2D eigenvalue weighted by Crippen LogP contribution is -2.52. The van der Waals surface area contributed by atoms with E-state index in [4.69, 9.17) is 23.2 Å². The van der Waals surface area contributed by atoms with E-state index in [9.17, 15) is 22.4 Å². The molecule has 0 aromatic heterocycles. The van der Waals surface area contributed by atoms with Crippen molar-refractivity contribution in [1.82, 2.24) is 10.2 Å². The van der Waals surface area contributed by atoms with Crippen LogP contribution >= 0.6 is 23.2 Å². The van der Waals surface area contributed by atoms with Crippen molar-refractivity contribution < 1.29 is 22.4 Å². The molecule has 0 aliphatic rings. The van der Waals surface area contributed by atoms with Gasteiger partial charge in [-0.1, -0.05) is 66.5 Å². The minimum absolute atomic E-state index is 0.111. The zero-order chi connectivity index (χ0) is 28.7. The van der Waals surface area contributed by atoms with Crippen LogP contribution in [-0.2, 0) is 26.2 Å². The number of nitrogens with one attached hydrogen (secondary N) is 1. The Labute approximate surface area is 238 Å². The van der Waals surface area contributed by atoms with Crippen LogP contribution < -0.4 is 9.62 Å². The molecule has 0 bridgehead atoms. The minimum Gasteiger partial charge on any atom is -0.352 e. The third-order valence-corrected chi connectivity index (χ3v) is 8.62. The first kappa shape index (κ1) is 30.4. The van der Waals surface area contributed by atoms with Crippen molar-refractivity contribution in [2.24, 2.45) is 0 Å². The van der Waals surface area contributed by atoms with Crippen molar-refractivity contribution in [3.63, 3.8) is 0 Å². The summed E-state index contributed by atoms with van der Waals surface area (Å²) in [7, 11) is -4.36. The fourth-order valence-corrected chi connectivity index (χ4v) is 5.68. The Morgan fingerprint density at radius 1 is 0.974 bits per heavy atom. The van der Waals surface area contributed by atoms with E-state index in [1.54, 1.807) is 25.1 Å². The Balaban J connectivity index is 2.05. The van der Waals surface area contributed by atoms with E-state index in [2.05, 4.69) is 5.32 Å². The van der Waals surface area contributed by atoms with Gasteiger partial charge in [-0.05, 0) is 62.2 Å². The fraction of sp³-hybridized carbons (Fsp3) is 0.286. The number of nitrogens with zero attached hydrogens (tertiary/aromatic N) is 2. The van der Waals surface area contributed by atoms with Crippen molar-refractivity contribution >= 4 is 50.7 Å². The third-order valence-electron chi connectivity index (χ3n) is 6.26. The second-order valence-corrected chi connectivity index (χ2v) is 11.7. The first-order valence-corrected chi connectivity index (χ1v) is 14.5. The highest BCUT2D eigenvalue weighted by molar-refractivity contribution is 7.92. The standard InChI is InChI=1S/C28H30Cl2FN3O4S/c1-4-19(2)32-28(36)20(3)33(17-21-14-15-22(29)16-24(21)30)27(35)18-34(26-13-9-8-12-25(26)31)39(37,38)23-10-6-5-7-11-23/h5-16,19-20H,4,17-18H2,1-3H3,(H,32,36)/t19-,20-/m1/s1. The number of hydrogen-bond acceptors (Lipinski definition) is 4. The highest BCUT2D eigenvalue weighted by Crippen LogP contribution is 2.28. The predicted octanol–water partition coefficient (Wildman–Crippen LogP) is 5.66. The topological polar surface area (TPSA) is 86.8 Å². The minimum atomic E-state index is -4.36. The van der Waals surface area contributed by atoms with Gasteiger partial charge in [0.15, 0.2) is 0 Å². The Morgan fingerprint density at radius 2 is 1.62 bits per heavy atom. The van der Waals surface area contributed by atoms with Gasteiger partial charge in [0.1, 0.15) is 18.4 Å². The van der Waals surface area contributed by atoms with Crippen molar-refractivity contribution in [1.29, 1.82) is 0 Å². The number of carbonyl (C=O) groups is 2. The summed E-state index contributed by atoms with van der Waals surface area (Å²) in [6.45, 7) is 4.41. The number of amides is 2. The Kier molecular flexibility index (Phi) is 10.4. The van der Waals surface area contributed by atoms with Crippen LogP contribution in [0.4, 0.5) is 10.1 Å². The molecular weight excluding hydrogens is 564 g/mol. The maximum absolute atomic E-state index is 14.9. The molecule has 0 aliphatic carbocycles. The first-order valence-electron chi connectivity index (χ1n) is 12.3. The molecule has 2 atom stereocenters. The molecule has 0 spiro atoms. The van der Waals surface area contributed by atoms with Gasteiger partial charge in [0.2, 0.25) is 11.8 Å². The normalized spacial score (nSPS) is 12.9. The summed E-state index contributed by atoms with van der Waals surface area (Å²) in [5.74, 6) is -1.97. The van der Waals surface area contributed by atoms with Gasteiger partial charge in [0.05, 0.1) is 10.6 Å². The highest BCUT2D eigenvalue weighted by Gasteiger charge is 2.34. The van der Waals surface area contributed by atoms with Gasteiger partial charge in [0, 0.05) is 22.6 Å². The number of anilines is 1. The summed E-state index contributed by atoms with van der Waals surface area (Å²) >= 11 is 12.4. The van der Waals surface area contributed by atoms with Crippen LogP contribution in [0.1, 0.15) is 32.8 Å². The lowest BCUT2D eigenvalue weighted by atomic mass is 10.1. The number of para-hydroxylation sites is 1. The summed E-state index contributed by atoms with van der Waals surface area (Å²) in [6.07, 6.45) is 0.672. The van der Waals surface area contributed by atoms with Crippen molar-refractivity contribution in [2.75, 3.05) is 10.8 Å². The lowest BCUT2D eigenvalue weighted by molar-refractivity contribution is -0.139. The summed E-state index contributed by atoms with van der Waals surface area (Å²) in [5, 5.41) is 3.51. The van der Waals surface area contributed by atoms with Crippen molar-refractivity contribution in [3.05, 3.63) is 94.2 Å². The molecule has 0 heterocycles. The molecule has 0 unspecified atom stereocenters. The number of rotatable bonds is 11. The zero-order valence-corrected chi connectivity index (χ0v) is 24.1. The van der Waals surface area contributed by atoms with Gasteiger partial charge < -0.3 is 10.2 Å². The quantitative estimate of drug-likeness (QED) is 0.311. The van der Waals surface area contributed by atoms with E-state index in [1.165, 1.54) is 53.4 Å². The molecule has 39 heavy (non-hydrogen) atoms. The van der Waals surface area contributed by atoms with E-state index in [-0.39, 0.29) is 28.2 Å². The van der Waals surface area contributed by atoms with Gasteiger partial charge in [-0.15, -0.1) is 0 Å². The van der Waals surface area contributed by atoms with E-state index in [0.717, 1.165) is 10.4 Å². The van der Waals surface area contributed by atoms with E-state index in [0.29, 0.717) is 17.0 Å². The number of hydrogen-bond donors (Lipinski definition) is 1. The van der Waals surface area contributed by atoms with Crippen LogP contribution in [0.15, 0.2) is 77.7 Å². The molecule has 208 valence electrons. The summed E-state index contributed by atoms with van der Waals surface area (Å²) in [4.78, 5) is 28.0. The van der Waals surface area contributed by atoms with Crippen LogP contribution in [0.3, 0.4) is 0 Å². The molecule has 3 aromatic carbocycles. The van der Waals surface area contributed by atoms with Crippen LogP contribution in [0, 0.1) is 5.82 Å². The van der Waals surface area contributed by atoms with Gasteiger partial charge >= 0.3 is 0 Å². The Morgan fingerprint density at radius 3 is 2.23 bits per heavy atom. The van der Waals surface area contributed by atoms with Gasteiger partial charge in [-0.25, -0.2) is 12.8 Å². The maximum Gasteiger partial charge on any atom is 0.264 e. The largest absolute Gasteiger partial charge is 0.352 e. The first-order chi connectivity index (χ1) is 18.4. The summed E-state index contributed by atoms with van der Waals surface area (Å²) < 4.78 is 42.9. The molecular formula is C28H30Cl2FN3O4S. The monoisotopic (exact) mass is 593 g/mol. The lowest BCUT2D eigenvalue weighted by Gasteiger charge is -2.32. The van der Waals surface area contributed by atoms with Gasteiger partial charge in [0.25, 0.3) is 10.0 Å². The van der Waals surface area contributed by atoms with Crippen LogP contribution in [0.5, 0.6) is 0 Å². The van der Waals surface area contributed by atoms with Crippen LogP contribution in [-0.4, -0.2) is 43.8 Å². The Bertz CT molecular complexity index is 1420. The third kappa shape index (κ3) is 7.50. The van der Waals surface area contributed by atoms with E-state index in [1.807, 2.05) is 13.8 Å². The number of carbonyl (C=O) groups excluding carboxylic acids is 2. The molecule has 0 fully saturated rings. The molecule has 3 aromatic rings. The zero-order valence-electron chi connectivity index (χ0n) is 21.8. The van der Waals surface area contributed by atoms with Gasteiger partial charge in [-0.3, -0.25) is 13.9 Å². The number of halogens is 3. The molecule has 7 nitrogen and oxygen atoms in total. The second kappa shape index (κ2) is 13.3. The van der Waals surface area contributed by atoms with Crippen molar-refractivity contribution in [3.8, 4) is 0 Å². The number of sulfonamides is 1. The average Bonchev–Trinajstić information content (AvgIpc) is 2.91. The van der Waals surface area contributed by atoms with Crippen molar-refractivity contribution in [2.45, 2.75) is 50.7 Å². The number of benzene rings is 3. The fourth-order valence-electron chi connectivity index (χ4n) is 3.77. The molecule has 3 rings (SSSR count). The molecule has 0 saturated carbocycles. The smallest absolute Gasteiger partial charge is 0.264 e. The molecule has 2 amide bonds. The molecule has 11 heteroatoms. The van der Waals surface area contributed by atoms with Crippen LogP contribution in [0.2, 0.25) is 10.0 Å². The van der Waals surface area contributed by atoms with Crippen LogP contribution in [0.25, 0.3) is 0 Å². The SMILES string of the molecule is CC[C@@H](C)NC(=O)[C@@H](C)N(Cc1ccc(Cl)cc1Cl)C(=O)CN(c1ccccc1F)S(=O)(=O)c1ccccc1. The molecule has 0 radical (unpaired) electrons. The molecule has 1 N–H and O–H groups in total.